The summed E-state index contributed by atoms with van der Waals surface area (Å²) in [6, 6.07) is 13.2. The molecular weight excluding hydrogens is 401 g/mol. The number of hydrazone groups is 1. The number of hydrogen-bond acceptors (Lipinski definition) is 6. The standard InChI is InChI=1S/C16H10Cl3N5O2/c17-16(18,19)15-21-13-7-2-1-6-12(13)14(22-15)23-20-9-10-4-3-5-11(8-10)24(25)26/h1-9H,(H,21,22,23)/b20-9+. The molecule has 0 atom stereocenters. The first-order valence-corrected chi connectivity index (χ1v) is 8.35. The van der Waals surface area contributed by atoms with Crippen LogP contribution in [0.2, 0.25) is 0 Å². The monoisotopic (exact) mass is 409 g/mol. The number of anilines is 1. The van der Waals surface area contributed by atoms with E-state index >= 15 is 0 Å². The van der Waals surface area contributed by atoms with Crippen molar-refractivity contribution in [3.63, 3.8) is 0 Å². The second-order valence-corrected chi connectivity index (χ2v) is 7.41. The van der Waals surface area contributed by atoms with Crippen molar-refractivity contribution in [1.29, 1.82) is 0 Å². The van der Waals surface area contributed by atoms with Gasteiger partial charge in [0, 0.05) is 23.1 Å². The smallest absolute Gasteiger partial charge is 0.261 e. The molecule has 0 aliphatic carbocycles. The number of fused-ring (bicyclic) bond motifs is 1. The molecule has 3 rings (SSSR count). The molecule has 0 amide bonds. The van der Waals surface area contributed by atoms with E-state index in [9.17, 15) is 10.1 Å². The summed E-state index contributed by atoms with van der Waals surface area (Å²) >= 11 is 17.7. The SMILES string of the molecule is O=[N+]([O-])c1cccc(/C=N/Nc2nc(C(Cl)(Cl)Cl)nc3ccccc23)c1. The molecule has 1 heterocycles. The fraction of sp³-hybridized carbons (Fsp3) is 0.0625. The third-order valence-corrected chi connectivity index (χ3v) is 3.83. The third-order valence-electron chi connectivity index (χ3n) is 3.32. The van der Waals surface area contributed by atoms with Crippen LogP contribution in [-0.4, -0.2) is 21.1 Å². The van der Waals surface area contributed by atoms with Gasteiger partial charge in [-0.05, 0) is 12.1 Å². The Morgan fingerprint density at radius 1 is 1.12 bits per heavy atom. The number of benzene rings is 2. The second-order valence-electron chi connectivity index (χ2n) is 5.13. The molecule has 0 unspecified atom stereocenters. The van der Waals surface area contributed by atoms with Gasteiger partial charge in [0.05, 0.1) is 16.7 Å². The second kappa shape index (κ2) is 7.41. The maximum atomic E-state index is 10.8. The minimum absolute atomic E-state index is 0.00856. The molecule has 0 aliphatic heterocycles. The minimum atomic E-state index is -1.79. The highest BCUT2D eigenvalue weighted by molar-refractivity contribution is 6.66. The molecule has 0 bridgehead atoms. The number of nitrogens with zero attached hydrogens (tertiary/aromatic N) is 4. The lowest BCUT2D eigenvalue weighted by molar-refractivity contribution is -0.384. The van der Waals surface area contributed by atoms with Gasteiger partial charge in [0.15, 0.2) is 11.6 Å². The number of nitro benzene ring substituents is 1. The van der Waals surface area contributed by atoms with Gasteiger partial charge in [-0.25, -0.2) is 9.97 Å². The lowest BCUT2D eigenvalue weighted by Gasteiger charge is -2.12. The fourth-order valence-corrected chi connectivity index (χ4v) is 2.43. The zero-order valence-corrected chi connectivity index (χ0v) is 15.2. The summed E-state index contributed by atoms with van der Waals surface area (Å²) in [5.41, 5.74) is 3.87. The molecule has 0 saturated heterocycles. The molecule has 3 aromatic rings. The lowest BCUT2D eigenvalue weighted by Crippen LogP contribution is -2.09. The van der Waals surface area contributed by atoms with Crippen LogP contribution in [0.4, 0.5) is 11.5 Å². The van der Waals surface area contributed by atoms with Crippen LogP contribution in [-0.2, 0) is 3.79 Å². The van der Waals surface area contributed by atoms with Crippen molar-refractivity contribution >= 4 is 63.4 Å². The largest absolute Gasteiger partial charge is 0.270 e. The van der Waals surface area contributed by atoms with Crippen LogP contribution in [0.5, 0.6) is 0 Å². The summed E-state index contributed by atoms with van der Waals surface area (Å²) in [4.78, 5) is 18.8. The van der Waals surface area contributed by atoms with Crippen molar-refractivity contribution in [3.05, 3.63) is 70.0 Å². The molecular formula is C16H10Cl3N5O2. The average Bonchev–Trinajstić information content (AvgIpc) is 2.61. The number of aromatic nitrogens is 2. The highest BCUT2D eigenvalue weighted by Crippen LogP contribution is 2.37. The van der Waals surface area contributed by atoms with E-state index in [1.165, 1.54) is 18.3 Å². The van der Waals surface area contributed by atoms with Crippen molar-refractivity contribution in [1.82, 2.24) is 9.97 Å². The molecule has 0 fully saturated rings. The number of nitro groups is 1. The summed E-state index contributed by atoms with van der Waals surface area (Å²) in [5, 5.41) is 15.6. The Morgan fingerprint density at radius 2 is 1.88 bits per heavy atom. The normalized spacial score (nSPS) is 11.8. The van der Waals surface area contributed by atoms with Gasteiger partial charge in [-0.3, -0.25) is 15.5 Å². The van der Waals surface area contributed by atoms with Gasteiger partial charge in [0.2, 0.25) is 3.79 Å². The zero-order chi connectivity index (χ0) is 18.7. The third kappa shape index (κ3) is 4.19. The molecule has 0 aliphatic rings. The first-order chi connectivity index (χ1) is 12.3. The van der Waals surface area contributed by atoms with Gasteiger partial charge in [-0.15, -0.1) is 0 Å². The van der Waals surface area contributed by atoms with E-state index in [4.69, 9.17) is 34.8 Å². The highest BCUT2D eigenvalue weighted by atomic mass is 35.6. The number of para-hydroxylation sites is 1. The van der Waals surface area contributed by atoms with Crippen LogP contribution in [0.25, 0.3) is 10.9 Å². The summed E-state index contributed by atoms with van der Waals surface area (Å²) in [6.45, 7) is 0. The molecule has 26 heavy (non-hydrogen) atoms. The van der Waals surface area contributed by atoms with Crippen molar-refractivity contribution in [3.8, 4) is 0 Å². The number of non-ortho nitro benzene ring substituents is 1. The molecule has 0 saturated carbocycles. The van der Waals surface area contributed by atoms with E-state index in [0.29, 0.717) is 22.3 Å². The molecule has 10 heteroatoms. The minimum Gasteiger partial charge on any atom is -0.261 e. The molecule has 1 aromatic heterocycles. The van der Waals surface area contributed by atoms with Gasteiger partial charge in [0.1, 0.15) is 0 Å². The Morgan fingerprint density at radius 3 is 2.62 bits per heavy atom. The molecule has 1 N–H and O–H groups in total. The first-order valence-electron chi connectivity index (χ1n) is 7.22. The van der Waals surface area contributed by atoms with Gasteiger partial charge in [-0.2, -0.15) is 5.10 Å². The topological polar surface area (TPSA) is 93.3 Å². The van der Waals surface area contributed by atoms with Crippen LogP contribution in [0.15, 0.2) is 53.6 Å². The van der Waals surface area contributed by atoms with E-state index in [2.05, 4.69) is 20.5 Å². The van der Waals surface area contributed by atoms with Crippen molar-refractivity contribution < 1.29 is 4.92 Å². The number of halogens is 3. The van der Waals surface area contributed by atoms with E-state index in [1.807, 2.05) is 6.07 Å². The Kier molecular flexibility index (Phi) is 5.22. The highest BCUT2D eigenvalue weighted by Gasteiger charge is 2.28. The van der Waals surface area contributed by atoms with Crippen LogP contribution < -0.4 is 5.43 Å². The predicted octanol–water partition coefficient (Wildman–Crippen LogP) is 4.81. The quantitative estimate of drug-likeness (QED) is 0.288. The van der Waals surface area contributed by atoms with Crippen molar-refractivity contribution in [2.45, 2.75) is 3.79 Å². The maximum absolute atomic E-state index is 10.8. The van der Waals surface area contributed by atoms with Gasteiger partial charge >= 0.3 is 0 Å². The molecule has 132 valence electrons. The Bertz CT molecular complexity index is 1000. The van der Waals surface area contributed by atoms with E-state index in [0.717, 1.165) is 0 Å². The Labute approximate surface area is 162 Å². The molecule has 7 nitrogen and oxygen atoms in total. The van der Waals surface area contributed by atoms with Gasteiger partial charge in [-0.1, -0.05) is 59.1 Å². The van der Waals surface area contributed by atoms with E-state index in [-0.39, 0.29) is 11.5 Å². The van der Waals surface area contributed by atoms with Crippen LogP contribution in [0.3, 0.4) is 0 Å². The molecule has 0 radical (unpaired) electrons. The van der Waals surface area contributed by atoms with Gasteiger partial charge < -0.3 is 0 Å². The average molecular weight is 411 g/mol. The Balaban J connectivity index is 1.93. The van der Waals surface area contributed by atoms with Crippen LogP contribution in [0.1, 0.15) is 11.4 Å². The van der Waals surface area contributed by atoms with Crippen LogP contribution in [0, 0.1) is 10.1 Å². The van der Waals surface area contributed by atoms with Crippen molar-refractivity contribution in [2.75, 3.05) is 5.43 Å². The summed E-state index contributed by atoms with van der Waals surface area (Å²) in [7, 11) is 0. The van der Waals surface area contributed by atoms with Crippen molar-refractivity contribution in [2.24, 2.45) is 5.10 Å². The Hall–Kier alpha value is -2.48. The number of alkyl halides is 3. The first kappa shape index (κ1) is 18.3. The zero-order valence-electron chi connectivity index (χ0n) is 12.9. The van der Waals surface area contributed by atoms with Crippen LogP contribution >= 0.6 is 34.8 Å². The van der Waals surface area contributed by atoms with E-state index < -0.39 is 8.72 Å². The van der Waals surface area contributed by atoms with Gasteiger partial charge in [0.25, 0.3) is 5.69 Å². The summed E-state index contributed by atoms with van der Waals surface area (Å²) < 4.78 is -1.79. The molecule has 0 spiro atoms. The van der Waals surface area contributed by atoms with E-state index in [1.54, 1.807) is 30.3 Å². The maximum Gasteiger partial charge on any atom is 0.270 e. The lowest BCUT2D eigenvalue weighted by atomic mass is 10.2. The summed E-state index contributed by atoms with van der Waals surface area (Å²) in [5.74, 6) is 0.354. The fourth-order valence-electron chi connectivity index (χ4n) is 2.18. The summed E-state index contributed by atoms with van der Waals surface area (Å²) in [6.07, 6.45) is 1.43. The number of hydrogen-bond donors (Lipinski definition) is 1. The number of rotatable bonds is 4. The molecule has 2 aromatic carbocycles. The predicted molar refractivity (Wildman–Crippen MR) is 103 cm³/mol. The number of nitrogens with one attached hydrogen (secondary N) is 1.